The number of aryl methyl sites for hydroxylation is 2. The minimum atomic E-state index is -0.585. The lowest BCUT2D eigenvalue weighted by Crippen LogP contribution is -2.08. The molecule has 0 radical (unpaired) electrons. The van der Waals surface area contributed by atoms with Crippen LogP contribution in [0.1, 0.15) is 11.4 Å². The molecule has 0 bridgehead atoms. The number of rotatable bonds is 3. The van der Waals surface area contributed by atoms with Crippen LogP contribution >= 0.6 is 0 Å². The van der Waals surface area contributed by atoms with Crippen molar-refractivity contribution >= 4 is 0 Å². The molecule has 2 N–H and O–H groups in total. The molecule has 2 aromatic rings. The van der Waals surface area contributed by atoms with E-state index in [0.717, 1.165) is 11.8 Å². The normalized spacial score (nSPS) is 10.9. The third kappa shape index (κ3) is 2.13. The van der Waals surface area contributed by atoms with Gasteiger partial charge in [-0.3, -0.25) is 4.68 Å². The molecule has 18 heavy (non-hydrogen) atoms. The van der Waals surface area contributed by atoms with Gasteiger partial charge in [0.1, 0.15) is 11.6 Å². The minimum absolute atomic E-state index is 0.366. The molecule has 0 aliphatic rings. The van der Waals surface area contributed by atoms with Gasteiger partial charge in [-0.2, -0.15) is 5.10 Å². The van der Waals surface area contributed by atoms with E-state index in [9.17, 15) is 8.78 Å². The standard InChI is InChI=1S/C13H15F2N3/c1-8-13(12(5-6-16)18(2)17-8)10-4-3-9(14)7-11(10)15/h3-4,7H,5-6,16H2,1-2H3. The largest absolute Gasteiger partial charge is 0.330 e. The highest BCUT2D eigenvalue weighted by molar-refractivity contribution is 5.69. The maximum atomic E-state index is 13.8. The highest BCUT2D eigenvalue weighted by Crippen LogP contribution is 2.29. The molecule has 0 spiro atoms. The Morgan fingerprint density at radius 3 is 2.67 bits per heavy atom. The van der Waals surface area contributed by atoms with Crippen LogP contribution in [0.25, 0.3) is 11.1 Å². The van der Waals surface area contributed by atoms with Gasteiger partial charge in [-0.1, -0.05) is 0 Å². The van der Waals surface area contributed by atoms with Gasteiger partial charge < -0.3 is 5.73 Å². The van der Waals surface area contributed by atoms with Gasteiger partial charge in [0.25, 0.3) is 0 Å². The Bertz CT molecular complexity index is 576. The van der Waals surface area contributed by atoms with Crippen molar-refractivity contribution in [1.29, 1.82) is 0 Å². The lowest BCUT2D eigenvalue weighted by molar-refractivity contribution is 0.585. The number of aromatic nitrogens is 2. The van der Waals surface area contributed by atoms with Crippen molar-refractivity contribution in [3.05, 3.63) is 41.2 Å². The van der Waals surface area contributed by atoms with Gasteiger partial charge in [-0.15, -0.1) is 0 Å². The van der Waals surface area contributed by atoms with Gasteiger partial charge in [0.05, 0.1) is 5.69 Å². The van der Waals surface area contributed by atoms with Gasteiger partial charge in [0.2, 0.25) is 0 Å². The van der Waals surface area contributed by atoms with Gasteiger partial charge in [0, 0.05) is 36.4 Å². The van der Waals surface area contributed by atoms with E-state index in [4.69, 9.17) is 5.73 Å². The molecular weight excluding hydrogens is 236 g/mol. The van der Waals surface area contributed by atoms with Gasteiger partial charge in [-0.25, -0.2) is 8.78 Å². The molecule has 0 amide bonds. The van der Waals surface area contributed by atoms with Crippen LogP contribution in [-0.2, 0) is 13.5 Å². The fourth-order valence-electron chi connectivity index (χ4n) is 2.17. The molecule has 0 atom stereocenters. The fraction of sp³-hybridized carbons (Fsp3) is 0.308. The first-order valence-electron chi connectivity index (χ1n) is 5.72. The van der Waals surface area contributed by atoms with Crippen molar-refractivity contribution in [2.24, 2.45) is 12.8 Å². The molecule has 1 aromatic carbocycles. The van der Waals surface area contributed by atoms with Crippen LogP contribution in [0.2, 0.25) is 0 Å². The zero-order valence-electron chi connectivity index (χ0n) is 10.4. The number of nitrogens with two attached hydrogens (primary N) is 1. The first kappa shape index (κ1) is 12.7. The maximum absolute atomic E-state index is 13.8. The van der Waals surface area contributed by atoms with Gasteiger partial charge in [0.15, 0.2) is 0 Å². The Kier molecular flexibility index (Phi) is 3.43. The smallest absolute Gasteiger partial charge is 0.134 e. The molecule has 0 fully saturated rings. The maximum Gasteiger partial charge on any atom is 0.134 e. The summed E-state index contributed by atoms with van der Waals surface area (Å²) in [5.74, 6) is -1.16. The SMILES string of the molecule is Cc1nn(C)c(CCN)c1-c1ccc(F)cc1F. The quantitative estimate of drug-likeness (QED) is 0.908. The Hall–Kier alpha value is -1.75. The van der Waals surface area contributed by atoms with E-state index in [0.29, 0.717) is 29.8 Å². The zero-order valence-corrected chi connectivity index (χ0v) is 10.4. The summed E-state index contributed by atoms with van der Waals surface area (Å²) in [6, 6.07) is 3.57. The van der Waals surface area contributed by atoms with E-state index >= 15 is 0 Å². The number of benzene rings is 1. The predicted molar refractivity (Wildman–Crippen MR) is 66.1 cm³/mol. The van der Waals surface area contributed by atoms with E-state index in [2.05, 4.69) is 5.10 Å². The van der Waals surface area contributed by atoms with Crippen LogP contribution in [0.5, 0.6) is 0 Å². The summed E-state index contributed by atoms with van der Waals surface area (Å²) in [4.78, 5) is 0. The zero-order chi connectivity index (χ0) is 13.3. The summed E-state index contributed by atoms with van der Waals surface area (Å²) >= 11 is 0. The van der Waals surface area contributed by atoms with Crippen LogP contribution in [0.3, 0.4) is 0 Å². The molecule has 1 heterocycles. The molecule has 0 unspecified atom stereocenters. The first-order chi connectivity index (χ1) is 8.54. The third-order valence-electron chi connectivity index (χ3n) is 2.92. The number of hydrogen-bond acceptors (Lipinski definition) is 2. The average Bonchev–Trinajstić information content (AvgIpc) is 2.56. The van der Waals surface area contributed by atoms with Crippen molar-refractivity contribution in [1.82, 2.24) is 9.78 Å². The van der Waals surface area contributed by atoms with Crippen molar-refractivity contribution in [2.75, 3.05) is 6.54 Å². The molecule has 2 rings (SSSR count). The molecular formula is C13H15F2N3. The monoisotopic (exact) mass is 251 g/mol. The molecule has 0 aliphatic carbocycles. The lowest BCUT2D eigenvalue weighted by Gasteiger charge is -2.07. The Morgan fingerprint density at radius 2 is 2.06 bits per heavy atom. The van der Waals surface area contributed by atoms with Gasteiger partial charge in [-0.05, 0) is 25.6 Å². The molecule has 0 saturated carbocycles. The molecule has 0 saturated heterocycles. The second kappa shape index (κ2) is 4.86. The predicted octanol–water partition coefficient (Wildman–Crippen LogP) is 2.17. The second-order valence-corrected chi connectivity index (χ2v) is 4.19. The average molecular weight is 251 g/mol. The molecule has 96 valence electrons. The van der Waals surface area contributed by atoms with Crippen molar-refractivity contribution < 1.29 is 8.78 Å². The van der Waals surface area contributed by atoms with Gasteiger partial charge >= 0.3 is 0 Å². The summed E-state index contributed by atoms with van der Waals surface area (Å²) < 4.78 is 28.5. The summed E-state index contributed by atoms with van der Waals surface area (Å²) in [7, 11) is 1.79. The van der Waals surface area contributed by atoms with Crippen molar-refractivity contribution in [3.8, 4) is 11.1 Å². The Morgan fingerprint density at radius 1 is 1.33 bits per heavy atom. The van der Waals surface area contributed by atoms with Crippen LogP contribution in [0.15, 0.2) is 18.2 Å². The number of halogens is 2. The van der Waals surface area contributed by atoms with Crippen LogP contribution < -0.4 is 5.73 Å². The van der Waals surface area contributed by atoms with Crippen molar-refractivity contribution in [3.63, 3.8) is 0 Å². The Balaban J connectivity index is 2.62. The molecule has 3 nitrogen and oxygen atoms in total. The highest BCUT2D eigenvalue weighted by atomic mass is 19.1. The van der Waals surface area contributed by atoms with E-state index in [1.165, 1.54) is 12.1 Å². The van der Waals surface area contributed by atoms with Crippen LogP contribution in [-0.4, -0.2) is 16.3 Å². The summed E-state index contributed by atoms with van der Waals surface area (Å²) in [5.41, 5.74) is 8.20. The van der Waals surface area contributed by atoms with Crippen LogP contribution in [0, 0.1) is 18.6 Å². The summed E-state index contributed by atoms with van der Waals surface area (Å²) in [6.07, 6.45) is 0.601. The van der Waals surface area contributed by atoms with Crippen molar-refractivity contribution in [2.45, 2.75) is 13.3 Å². The summed E-state index contributed by atoms with van der Waals surface area (Å²) in [5, 5.41) is 4.27. The minimum Gasteiger partial charge on any atom is -0.330 e. The molecule has 0 aliphatic heterocycles. The van der Waals surface area contributed by atoms with E-state index < -0.39 is 11.6 Å². The number of nitrogens with zero attached hydrogens (tertiary/aromatic N) is 2. The lowest BCUT2D eigenvalue weighted by atomic mass is 10.0. The first-order valence-corrected chi connectivity index (χ1v) is 5.72. The number of hydrogen-bond donors (Lipinski definition) is 1. The Labute approximate surface area is 104 Å². The second-order valence-electron chi connectivity index (χ2n) is 4.19. The summed E-state index contributed by atoms with van der Waals surface area (Å²) in [6.45, 7) is 2.26. The van der Waals surface area contributed by atoms with Crippen LogP contribution in [0.4, 0.5) is 8.78 Å². The van der Waals surface area contributed by atoms with E-state index in [-0.39, 0.29) is 0 Å². The topological polar surface area (TPSA) is 43.8 Å². The van der Waals surface area contributed by atoms with E-state index in [1.54, 1.807) is 18.7 Å². The highest BCUT2D eigenvalue weighted by Gasteiger charge is 2.17. The fourth-order valence-corrected chi connectivity index (χ4v) is 2.17. The molecule has 5 heteroatoms. The third-order valence-corrected chi connectivity index (χ3v) is 2.92. The van der Waals surface area contributed by atoms with E-state index in [1.807, 2.05) is 0 Å². The molecule has 1 aromatic heterocycles.